The number of rotatable bonds is 4. The molecular formula is C50H30O2. The molecule has 0 atom stereocenters. The van der Waals surface area contributed by atoms with Gasteiger partial charge in [-0.2, -0.15) is 0 Å². The zero-order valence-corrected chi connectivity index (χ0v) is 28.1. The van der Waals surface area contributed by atoms with E-state index in [0.29, 0.717) is 0 Å². The van der Waals surface area contributed by atoms with Crippen LogP contribution in [0.25, 0.3) is 110 Å². The van der Waals surface area contributed by atoms with Crippen LogP contribution in [0.5, 0.6) is 0 Å². The summed E-state index contributed by atoms with van der Waals surface area (Å²) in [6, 6.07) is 65.3. The lowest BCUT2D eigenvalue weighted by Gasteiger charge is -2.08. The first-order valence-electron chi connectivity index (χ1n) is 17.7. The van der Waals surface area contributed by atoms with Crippen molar-refractivity contribution in [2.75, 3.05) is 0 Å². The highest BCUT2D eigenvalue weighted by Crippen LogP contribution is 2.40. The molecule has 0 aliphatic carbocycles. The number of hydrogen-bond acceptors (Lipinski definition) is 2. The van der Waals surface area contributed by atoms with Crippen molar-refractivity contribution in [2.24, 2.45) is 0 Å². The predicted molar refractivity (Wildman–Crippen MR) is 218 cm³/mol. The van der Waals surface area contributed by atoms with Gasteiger partial charge in [0.25, 0.3) is 0 Å². The lowest BCUT2D eigenvalue weighted by atomic mass is 9.96. The van der Waals surface area contributed by atoms with E-state index in [4.69, 9.17) is 8.83 Å². The van der Waals surface area contributed by atoms with Crippen LogP contribution >= 0.6 is 0 Å². The molecule has 0 amide bonds. The summed E-state index contributed by atoms with van der Waals surface area (Å²) in [5.74, 6) is 0. The van der Waals surface area contributed by atoms with Crippen molar-refractivity contribution in [3.8, 4) is 44.5 Å². The zero-order chi connectivity index (χ0) is 34.2. The first-order chi connectivity index (χ1) is 25.7. The van der Waals surface area contributed by atoms with Crippen LogP contribution in [0.3, 0.4) is 0 Å². The van der Waals surface area contributed by atoms with Crippen molar-refractivity contribution < 1.29 is 8.83 Å². The van der Waals surface area contributed by atoms with Gasteiger partial charge < -0.3 is 8.83 Å². The van der Waals surface area contributed by atoms with Crippen molar-refractivity contribution in [3.63, 3.8) is 0 Å². The lowest BCUT2D eigenvalue weighted by molar-refractivity contribution is 0.656. The summed E-state index contributed by atoms with van der Waals surface area (Å²) in [5.41, 5.74) is 12.9. The van der Waals surface area contributed by atoms with Crippen molar-refractivity contribution in [3.05, 3.63) is 182 Å². The van der Waals surface area contributed by atoms with Crippen molar-refractivity contribution in [1.29, 1.82) is 0 Å². The maximum atomic E-state index is 6.40. The molecule has 2 nitrogen and oxygen atoms in total. The van der Waals surface area contributed by atoms with Gasteiger partial charge in [-0.15, -0.1) is 0 Å². The maximum absolute atomic E-state index is 6.40. The Morgan fingerprint density at radius 2 is 0.577 bits per heavy atom. The van der Waals surface area contributed by atoms with Crippen molar-refractivity contribution in [2.45, 2.75) is 0 Å². The van der Waals surface area contributed by atoms with Crippen LogP contribution in [0, 0.1) is 0 Å². The largest absolute Gasteiger partial charge is 0.456 e. The molecule has 0 bridgehead atoms. The normalized spacial score (nSPS) is 11.8. The van der Waals surface area contributed by atoms with Crippen LogP contribution in [0.15, 0.2) is 191 Å². The molecule has 2 heteroatoms. The molecule has 9 aromatic carbocycles. The lowest BCUT2D eigenvalue weighted by Crippen LogP contribution is -1.83. The smallest absolute Gasteiger partial charge is 0.139 e. The van der Waals surface area contributed by atoms with Gasteiger partial charge in [0.2, 0.25) is 0 Å². The van der Waals surface area contributed by atoms with E-state index < -0.39 is 0 Å². The van der Waals surface area contributed by atoms with E-state index in [-0.39, 0.29) is 0 Å². The summed E-state index contributed by atoms with van der Waals surface area (Å²) in [4.78, 5) is 0. The third-order valence-corrected chi connectivity index (χ3v) is 10.6. The van der Waals surface area contributed by atoms with E-state index in [2.05, 4.69) is 176 Å². The van der Waals surface area contributed by atoms with Gasteiger partial charge in [-0.1, -0.05) is 121 Å². The Bertz CT molecular complexity index is 2980. The molecule has 0 N–H and O–H groups in total. The number of fused-ring (bicyclic) bond motifs is 8. The fraction of sp³-hybridized carbons (Fsp3) is 0. The van der Waals surface area contributed by atoms with E-state index in [1.165, 1.54) is 54.9 Å². The second-order valence-electron chi connectivity index (χ2n) is 13.8. The van der Waals surface area contributed by atoms with Gasteiger partial charge in [-0.05, 0) is 121 Å². The summed E-state index contributed by atoms with van der Waals surface area (Å²) in [5, 5.41) is 9.36. The standard InChI is InChI=1S/C50H30O2/c1-3-9-33-23-39(17-15-31(33)7-1)35-11-5-13-37(25-35)41-19-21-47-43(27-41)45-29-46-44-28-42(20-22-48(44)52-50(46)30-49(45)51-47)38-14-6-12-36(26-38)40-18-16-32-8-2-4-10-34(32)24-40/h1-30H. The molecule has 0 saturated heterocycles. The molecule has 2 heterocycles. The Labute approximate surface area is 299 Å². The highest BCUT2D eigenvalue weighted by Gasteiger charge is 2.16. The minimum atomic E-state index is 0.826. The maximum Gasteiger partial charge on any atom is 0.139 e. The van der Waals surface area contributed by atoms with E-state index in [1.54, 1.807) is 0 Å². The first-order valence-corrected chi connectivity index (χ1v) is 17.7. The topological polar surface area (TPSA) is 26.3 Å². The third-order valence-electron chi connectivity index (χ3n) is 10.6. The average molecular weight is 663 g/mol. The van der Waals surface area contributed by atoms with Crippen molar-refractivity contribution in [1.82, 2.24) is 0 Å². The Hall–Kier alpha value is -6.90. The molecule has 0 aliphatic rings. The van der Waals surface area contributed by atoms with Gasteiger partial charge >= 0.3 is 0 Å². The molecule has 242 valence electrons. The summed E-state index contributed by atoms with van der Waals surface area (Å²) >= 11 is 0. The van der Waals surface area contributed by atoms with E-state index in [0.717, 1.165) is 55.0 Å². The Balaban J connectivity index is 0.990. The van der Waals surface area contributed by atoms with Crippen LogP contribution < -0.4 is 0 Å². The molecule has 0 radical (unpaired) electrons. The van der Waals surface area contributed by atoms with Crippen LogP contribution in [-0.4, -0.2) is 0 Å². The molecule has 52 heavy (non-hydrogen) atoms. The average Bonchev–Trinajstić information content (AvgIpc) is 3.76. The van der Waals surface area contributed by atoms with Gasteiger partial charge in [0.15, 0.2) is 0 Å². The Morgan fingerprint density at radius 1 is 0.212 bits per heavy atom. The van der Waals surface area contributed by atoms with Gasteiger partial charge in [0.05, 0.1) is 0 Å². The Kier molecular flexibility index (Phi) is 6.28. The van der Waals surface area contributed by atoms with Gasteiger partial charge in [-0.25, -0.2) is 0 Å². The second kappa shape index (κ2) is 11.3. The van der Waals surface area contributed by atoms with Crippen LogP contribution in [0.4, 0.5) is 0 Å². The molecule has 0 unspecified atom stereocenters. The molecule has 0 aliphatic heterocycles. The quantitative estimate of drug-likeness (QED) is 0.187. The van der Waals surface area contributed by atoms with E-state index >= 15 is 0 Å². The number of hydrogen-bond donors (Lipinski definition) is 0. The minimum Gasteiger partial charge on any atom is -0.456 e. The monoisotopic (exact) mass is 662 g/mol. The summed E-state index contributed by atoms with van der Waals surface area (Å²) in [6.45, 7) is 0. The molecule has 2 aromatic heterocycles. The molecule has 11 aromatic rings. The molecule has 0 fully saturated rings. The highest BCUT2D eigenvalue weighted by molar-refractivity contribution is 6.16. The number of furan rings is 2. The predicted octanol–water partition coefficient (Wildman–Crippen LogP) is 14.5. The van der Waals surface area contributed by atoms with Gasteiger partial charge in [0.1, 0.15) is 22.3 Å². The summed E-state index contributed by atoms with van der Waals surface area (Å²) in [7, 11) is 0. The second-order valence-corrected chi connectivity index (χ2v) is 13.8. The van der Waals surface area contributed by atoms with Crippen molar-refractivity contribution >= 4 is 65.4 Å². The van der Waals surface area contributed by atoms with Crippen LogP contribution in [0.1, 0.15) is 0 Å². The fourth-order valence-corrected chi connectivity index (χ4v) is 7.90. The SMILES string of the molecule is c1cc(-c2ccc3ccccc3c2)cc(-c2ccc3oc4cc5oc6ccc(-c7cccc(-c8ccc9ccccc9c8)c7)cc6c5cc4c3c2)c1. The highest BCUT2D eigenvalue weighted by atomic mass is 16.3. The fourth-order valence-electron chi connectivity index (χ4n) is 7.90. The zero-order valence-electron chi connectivity index (χ0n) is 28.1. The van der Waals surface area contributed by atoms with Gasteiger partial charge in [0, 0.05) is 27.6 Å². The van der Waals surface area contributed by atoms with Crippen LogP contribution in [-0.2, 0) is 0 Å². The summed E-state index contributed by atoms with van der Waals surface area (Å²) < 4.78 is 12.8. The van der Waals surface area contributed by atoms with E-state index in [9.17, 15) is 0 Å². The first kappa shape index (κ1) is 28.9. The van der Waals surface area contributed by atoms with E-state index in [1.807, 2.05) is 6.07 Å². The molecule has 11 rings (SSSR count). The minimum absolute atomic E-state index is 0.826. The molecule has 0 saturated carbocycles. The molecule has 0 spiro atoms. The Morgan fingerprint density at radius 3 is 1.04 bits per heavy atom. The molecular weight excluding hydrogens is 633 g/mol. The third kappa shape index (κ3) is 4.73. The van der Waals surface area contributed by atoms with Crippen LogP contribution in [0.2, 0.25) is 0 Å². The van der Waals surface area contributed by atoms with Gasteiger partial charge in [-0.3, -0.25) is 0 Å². The number of benzene rings is 9. The summed E-state index contributed by atoms with van der Waals surface area (Å²) in [6.07, 6.45) is 0.